The lowest BCUT2D eigenvalue weighted by Gasteiger charge is -1.97. The van der Waals surface area contributed by atoms with Crippen LogP contribution in [0.2, 0.25) is 0 Å². The molecule has 0 unspecified atom stereocenters. The molecule has 3 heteroatoms. The Morgan fingerprint density at radius 1 is 1.00 bits per heavy atom. The van der Waals surface area contributed by atoms with Gasteiger partial charge >= 0.3 is 0 Å². The number of Topliss-reactive ketones (excluding diaryl/α,β-unsaturated/α-hetero) is 1. The molecule has 4 rings (SSSR count). The molecule has 2 heterocycles. The van der Waals surface area contributed by atoms with Gasteiger partial charge in [0.25, 0.3) is 0 Å². The lowest BCUT2D eigenvalue weighted by Crippen LogP contribution is -2.01. The molecule has 0 aliphatic carbocycles. The third-order valence-corrected chi connectivity index (χ3v) is 3.98. The van der Waals surface area contributed by atoms with Crippen LogP contribution in [0.15, 0.2) is 77.5 Å². The van der Waals surface area contributed by atoms with Crippen LogP contribution in [0.3, 0.4) is 0 Å². The van der Waals surface area contributed by atoms with E-state index in [4.69, 9.17) is 4.42 Å². The first kappa shape index (κ1) is 13.6. The maximum atomic E-state index is 12.4. The van der Waals surface area contributed by atoms with Crippen molar-refractivity contribution in [1.29, 1.82) is 0 Å². The van der Waals surface area contributed by atoms with Gasteiger partial charge in [-0.05, 0) is 17.7 Å². The molecule has 0 saturated carbocycles. The Balaban J connectivity index is 1.63. The number of fused-ring (bicyclic) bond motifs is 1. The zero-order valence-corrected chi connectivity index (χ0v) is 12.5. The van der Waals surface area contributed by atoms with Gasteiger partial charge in [-0.25, -0.2) is 0 Å². The first-order valence-electron chi connectivity index (χ1n) is 7.53. The van der Waals surface area contributed by atoms with Gasteiger partial charge in [-0.3, -0.25) is 4.79 Å². The summed E-state index contributed by atoms with van der Waals surface area (Å²) in [6.45, 7) is 0. The van der Waals surface area contributed by atoms with Crippen LogP contribution in [-0.2, 0) is 6.42 Å². The van der Waals surface area contributed by atoms with Gasteiger partial charge in [-0.1, -0.05) is 48.5 Å². The molecule has 4 aromatic rings. The van der Waals surface area contributed by atoms with Crippen molar-refractivity contribution in [2.24, 2.45) is 0 Å². The van der Waals surface area contributed by atoms with Gasteiger partial charge in [-0.2, -0.15) is 0 Å². The standard InChI is InChI=1S/C20H15NO2/c22-19(10-14-6-2-1-3-7-14)15-11-20(23-13-15)17-12-21-18-9-5-4-8-16(17)18/h1-9,11-13,21H,10H2. The molecule has 0 saturated heterocycles. The largest absolute Gasteiger partial charge is 0.464 e. The zero-order valence-electron chi connectivity index (χ0n) is 12.5. The fraction of sp³-hybridized carbons (Fsp3) is 0.0500. The van der Waals surface area contributed by atoms with E-state index in [-0.39, 0.29) is 5.78 Å². The van der Waals surface area contributed by atoms with Crippen LogP contribution in [0.5, 0.6) is 0 Å². The van der Waals surface area contributed by atoms with Crippen molar-refractivity contribution in [3.05, 3.63) is 84.3 Å². The molecule has 3 nitrogen and oxygen atoms in total. The first-order chi connectivity index (χ1) is 11.3. The fourth-order valence-electron chi connectivity index (χ4n) is 2.78. The molecule has 23 heavy (non-hydrogen) atoms. The molecule has 0 bridgehead atoms. The third-order valence-electron chi connectivity index (χ3n) is 3.98. The Bertz CT molecular complexity index is 963. The number of carbonyl (C=O) groups is 1. The predicted molar refractivity (Wildman–Crippen MR) is 90.5 cm³/mol. The lowest BCUT2D eigenvalue weighted by molar-refractivity contribution is 0.0992. The quantitative estimate of drug-likeness (QED) is 0.547. The maximum absolute atomic E-state index is 12.4. The van der Waals surface area contributed by atoms with Crippen LogP contribution in [0.1, 0.15) is 15.9 Å². The third kappa shape index (κ3) is 2.57. The van der Waals surface area contributed by atoms with Crippen molar-refractivity contribution >= 4 is 16.7 Å². The average Bonchev–Trinajstić information content (AvgIpc) is 3.22. The molecule has 0 spiro atoms. The van der Waals surface area contributed by atoms with Crippen molar-refractivity contribution < 1.29 is 9.21 Å². The number of para-hydroxylation sites is 1. The molecule has 0 aliphatic rings. The molecular formula is C20H15NO2. The molecule has 0 atom stereocenters. The van der Waals surface area contributed by atoms with E-state index in [0.717, 1.165) is 22.0 Å². The molecule has 0 aliphatic heterocycles. The van der Waals surface area contributed by atoms with Gasteiger partial charge in [0.1, 0.15) is 12.0 Å². The van der Waals surface area contributed by atoms with Crippen molar-refractivity contribution in [3.8, 4) is 11.3 Å². The van der Waals surface area contributed by atoms with E-state index in [2.05, 4.69) is 4.98 Å². The topological polar surface area (TPSA) is 46.0 Å². The summed E-state index contributed by atoms with van der Waals surface area (Å²) in [4.78, 5) is 15.6. The Kier molecular flexibility index (Phi) is 3.31. The summed E-state index contributed by atoms with van der Waals surface area (Å²) in [5.41, 5.74) is 3.64. The number of rotatable bonds is 4. The second kappa shape index (κ2) is 5.61. The number of ketones is 1. The van der Waals surface area contributed by atoms with E-state index in [0.29, 0.717) is 17.7 Å². The maximum Gasteiger partial charge on any atom is 0.170 e. The minimum absolute atomic E-state index is 0.0611. The number of H-pyrrole nitrogens is 1. The van der Waals surface area contributed by atoms with Gasteiger partial charge in [0.05, 0.1) is 5.56 Å². The van der Waals surface area contributed by atoms with Crippen LogP contribution in [0, 0.1) is 0 Å². The van der Waals surface area contributed by atoms with Crippen molar-refractivity contribution in [3.63, 3.8) is 0 Å². The molecule has 0 amide bonds. The Morgan fingerprint density at radius 3 is 2.65 bits per heavy atom. The highest BCUT2D eigenvalue weighted by Crippen LogP contribution is 2.30. The predicted octanol–water partition coefficient (Wildman–Crippen LogP) is 4.85. The molecule has 0 radical (unpaired) electrons. The van der Waals surface area contributed by atoms with Crippen LogP contribution in [-0.4, -0.2) is 10.8 Å². The van der Waals surface area contributed by atoms with E-state index in [9.17, 15) is 4.79 Å². The van der Waals surface area contributed by atoms with E-state index in [1.165, 1.54) is 0 Å². The van der Waals surface area contributed by atoms with Gasteiger partial charge < -0.3 is 9.40 Å². The Labute approximate surface area is 133 Å². The molecular weight excluding hydrogens is 286 g/mol. The summed E-state index contributed by atoms with van der Waals surface area (Å²) in [5, 5.41) is 1.09. The molecule has 1 N–H and O–H groups in total. The summed E-state index contributed by atoms with van der Waals surface area (Å²) in [6, 6.07) is 19.6. The minimum atomic E-state index is 0.0611. The number of aromatic nitrogens is 1. The number of hydrogen-bond acceptors (Lipinski definition) is 2. The van der Waals surface area contributed by atoms with Crippen LogP contribution >= 0.6 is 0 Å². The van der Waals surface area contributed by atoms with Gasteiger partial charge in [0, 0.05) is 29.1 Å². The summed E-state index contributed by atoms with van der Waals surface area (Å²) in [6.07, 6.45) is 3.84. The summed E-state index contributed by atoms with van der Waals surface area (Å²) in [7, 11) is 0. The van der Waals surface area contributed by atoms with Gasteiger partial charge in [0.15, 0.2) is 5.78 Å². The van der Waals surface area contributed by atoms with Crippen LogP contribution in [0.4, 0.5) is 0 Å². The number of furan rings is 1. The van der Waals surface area contributed by atoms with E-state index in [1.54, 1.807) is 6.26 Å². The summed E-state index contributed by atoms with van der Waals surface area (Å²) < 4.78 is 5.64. The van der Waals surface area contributed by atoms with Crippen LogP contribution in [0.25, 0.3) is 22.2 Å². The van der Waals surface area contributed by atoms with E-state index < -0.39 is 0 Å². The fourth-order valence-corrected chi connectivity index (χ4v) is 2.78. The van der Waals surface area contributed by atoms with Crippen molar-refractivity contribution in [2.75, 3.05) is 0 Å². The Hall–Kier alpha value is -3.07. The molecule has 2 aromatic heterocycles. The number of benzene rings is 2. The second-order valence-electron chi connectivity index (χ2n) is 5.53. The second-order valence-corrected chi connectivity index (χ2v) is 5.53. The summed E-state index contributed by atoms with van der Waals surface area (Å²) in [5.74, 6) is 0.768. The van der Waals surface area contributed by atoms with Crippen LogP contribution < -0.4 is 0 Å². The highest BCUT2D eigenvalue weighted by atomic mass is 16.3. The molecule has 0 fully saturated rings. The first-order valence-corrected chi connectivity index (χ1v) is 7.53. The van der Waals surface area contributed by atoms with E-state index in [1.807, 2.05) is 66.9 Å². The number of aromatic amines is 1. The summed E-state index contributed by atoms with van der Waals surface area (Å²) >= 11 is 0. The average molecular weight is 301 g/mol. The number of hydrogen-bond donors (Lipinski definition) is 1. The van der Waals surface area contributed by atoms with Crippen molar-refractivity contribution in [1.82, 2.24) is 4.98 Å². The SMILES string of the molecule is O=C(Cc1ccccc1)c1coc(-c2c[nH]c3ccccc23)c1. The normalized spacial score (nSPS) is 11.0. The number of nitrogens with one attached hydrogen (secondary N) is 1. The smallest absolute Gasteiger partial charge is 0.170 e. The highest BCUT2D eigenvalue weighted by Gasteiger charge is 2.14. The highest BCUT2D eigenvalue weighted by molar-refractivity contribution is 6.00. The Morgan fingerprint density at radius 2 is 1.78 bits per heavy atom. The minimum Gasteiger partial charge on any atom is -0.464 e. The number of carbonyl (C=O) groups excluding carboxylic acids is 1. The zero-order chi connectivity index (χ0) is 15.6. The van der Waals surface area contributed by atoms with Gasteiger partial charge in [-0.15, -0.1) is 0 Å². The lowest BCUT2D eigenvalue weighted by atomic mass is 10.0. The molecule has 112 valence electrons. The van der Waals surface area contributed by atoms with E-state index >= 15 is 0 Å². The van der Waals surface area contributed by atoms with Crippen molar-refractivity contribution in [2.45, 2.75) is 6.42 Å². The molecule has 2 aromatic carbocycles. The monoisotopic (exact) mass is 301 g/mol. The van der Waals surface area contributed by atoms with Gasteiger partial charge in [0.2, 0.25) is 0 Å².